The lowest BCUT2D eigenvalue weighted by Gasteiger charge is -2.25. The average Bonchev–Trinajstić information content (AvgIpc) is 3.41. The van der Waals surface area contributed by atoms with Crippen molar-refractivity contribution < 1.29 is 14.1 Å². The highest BCUT2D eigenvalue weighted by molar-refractivity contribution is 6.08. The molecule has 0 saturated carbocycles. The summed E-state index contributed by atoms with van der Waals surface area (Å²) >= 11 is 0. The second kappa shape index (κ2) is 12.5. The van der Waals surface area contributed by atoms with Crippen molar-refractivity contribution in [2.45, 2.75) is 71.6 Å². The summed E-state index contributed by atoms with van der Waals surface area (Å²) < 4.78 is 7.50. The fraction of sp³-hybridized carbons (Fsp3) is 0.405. The lowest BCUT2D eigenvalue weighted by molar-refractivity contribution is -0.401. The van der Waals surface area contributed by atoms with Crippen LogP contribution in [0.4, 0.5) is 11.4 Å². The van der Waals surface area contributed by atoms with Crippen molar-refractivity contribution >= 4 is 29.1 Å². The highest BCUT2D eigenvalue weighted by Crippen LogP contribution is 2.44. The first-order chi connectivity index (χ1) is 19.9. The molecule has 3 aromatic carbocycles. The summed E-state index contributed by atoms with van der Waals surface area (Å²) in [6, 6.07) is 24.2. The first kappa shape index (κ1) is 28.9. The molecule has 0 fully saturated rings. The lowest BCUT2D eigenvalue weighted by Crippen LogP contribution is -2.27. The van der Waals surface area contributed by atoms with Crippen molar-refractivity contribution in [3.05, 3.63) is 95.1 Å². The van der Waals surface area contributed by atoms with Crippen molar-refractivity contribution in [3.8, 4) is 5.75 Å². The number of hydrogen-bond donors (Lipinski definition) is 0. The molecule has 0 aromatic heterocycles. The molecule has 1 aliphatic heterocycles. The van der Waals surface area contributed by atoms with E-state index in [4.69, 9.17) is 4.74 Å². The van der Waals surface area contributed by atoms with Gasteiger partial charge in [0.15, 0.2) is 5.71 Å². The van der Waals surface area contributed by atoms with E-state index in [0.29, 0.717) is 18.1 Å². The van der Waals surface area contributed by atoms with Gasteiger partial charge in [-0.25, -0.2) is 0 Å². The summed E-state index contributed by atoms with van der Waals surface area (Å²) in [4.78, 5) is 13.5. The third-order valence-corrected chi connectivity index (χ3v) is 9.06. The maximum Gasteiger partial charge on any atom is 0.298 e. The second-order valence-corrected chi connectivity index (χ2v) is 12.2. The Labute approximate surface area is 246 Å². The number of hydrogen-bond acceptors (Lipinski definition) is 3. The van der Waals surface area contributed by atoms with Crippen LogP contribution in [-0.4, -0.2) is 36.9 Å². The van der Waals surface area contributed by atoms with Crippen LogP contribution >= 0.6 is 0 Å². The Morgan fingerprint density at radius 3 is 2.37 bits per heavy atom. The predicted molar refractivity (Wildman–Crippen MR) is 171 cm³/mol. The predicted octanol–water partition coefficient (Wildman–Crippen LogP) is 8.13. The van der Waals surface area contributed by atoms with Crippen molar-refractivity contribution in [1.82, 2.24) is 0 Å². The normalized spacial score (nSPS) is 18.0. The number of allylic oxidation sites excluding steroid dienone is 2. The number of fused-ring (bicyclic) bond motifs is 2. The largest absolute Gasteiger partial charge is 0.429 e. The zero-order chi connectivity index (χ0) is 29.0. The Morgan fingerprint density at radius 1 is 0.976 bits per heavy atom. The molecule has 0 radical (unpaired) electrons. The van der Waals surface area contributed by atoms with Gasteiger partial charge < -0.3 is 9.64 Å². The summed E-state index contributed by atoms with van der Waals surface area (Å²) in [6.45, 7) is 11.8. The SMILES string of the molecule is CCCCN(CCCC)c1ccc(CC2Cc3ccccc3/C2=C/C2=[N+](C)c3ccc(OC=O)cc3C2(C)C)cc1. The van der Waals surface area contributed by atoms with Gasteiger partial charge in [-0.1, -0.05) is 63.1 Å². The van der Waals surface area contributed by atoms with Gasteiger partial charge in [-0.05, 0) is 92.0 Å². The van der Waals surface area contributed by atoms with Crippen LogP contribution in [0.2, 0.25) is 0 Å². The molecule has 4 heteroatoms. The highest BCUT2D eigenvalue weighted by Gasteiger charge is 2.44. The third kappa shape index (κ3) is 5.88. The van der Waals surface area contributed by atoms with Crippen molar-refractivity contribution in [1.29, 1.82) is 0 Å². The maximum absolute atomic E-state index is 11.0. The van der Waals surface area contributed by atoms with E-state index >= 15 is 0 Å². The minimum absolute atomic E-state index is 0.219. The zero-order valence-corrected chi connectivity index (χ0v) is 25.5. The van der Waals surface area contributed by atoms with Crippen LogP contribution in [0.25, 0.3) is 5.57 Å². The van der Waals surface area contributed by atoms with Gasteiger partial charge in [-0.15, -0.1) is 0 Å². The Bertz CT molecular complexity index is 1440. The molecule has 1 heterocycles. The number of anilines is 1. The number of unbranched alkanes of at least 4 members (excludes halogenated alkanes) is 2. The van der Waals surface area contributed by atoms with Gasteiger partial charge in [-0.3, -0.25) is 4.79 Å². The lowest BCUT2D eigenvalue weighted by atomic mass is 9.79. The van der Waals surface area contributed by atoms with Crippen LogP contribution in [0, 0.1) is 5.92 Å². The molecule has 214 valence electrons. The van der Waals surface area contributed by atoms with E-state index in [1.54, 1.807) is 0 Å². The fourth-order valence-corrected chi connectivity index (χ4v) is 6.70. The van der Waals surface area contributed by atoms with Crippen molar-refractivity contribution in [2.75, 3.05) is 25.0 Å². The molecule has 2 aliphatic rings. The molecule has 0 amide bonds. The maximum atomic E-state index is 11.0. The Kier molecular flexibility index (Phi) is 8.77. The topological polar surface area (TPSA) is 32.5 Å². The Balaban J connectivity index is 1.44. The van der Waals surface area contributed by atoms with Gasteiger partial charge in [-0.2, -0.15) is 4.58 Å². The first-order valence-corrected chi connectivity index (χ1v) is 15.4. The molecule has 4 nitrogen and oxygen atoms in total. The minimum atomic E-state index is -0.219. The number of benzene rings is 3. The summed E-state index contributed by atoms with van der Waals surface area (Å²) in [5.41, 5.74) is 10.4. The molecule has 0 bridgehead atoms. The molecular formula is C37H45N2O2+. The van der Waals surface area contributed by atoms with E-state index in [9.17, 15) is 4.79 Å². The molecule has 41 heavy (non-hydrogen) atoms. The van der Waals surface area contributed by atoms with Crippen LogP contribution in [0.15, 0.2) is 72.8 Å². The zero-order valence-electron chi connectivity index (χ0n) is 25.5. The van der Waals surface area contributed by atoms with Crippen LogP contribution in [0.1, 0.15) is 75.6 Å². The second-order valence-electron chi connectivity index (χ2n) is 12.2. The van der Waals surface area contributed by atoms with E-state index in [1.165, 1.54) is 64.9 Å². The number of carbonyl (C=O) groups is 1. The molecule has 0 saturated heterocycles. The molecule has 0 N–H and O–H groups in total. The molecule has 5 rings (SSSR count). The van der Waals surface area contributed by atoms with Gasteiger partial charge in [0, 0.05) is 36.5 Å². The van der Waals surface area contributed by atoms with Crippen LogP contribution in [0.3, 0.4) is 0 Å². The van der Waals surface area contributed by atoms with E-state index < -0.39 is 0 Å². The van der Waals surface area contributed by atoms with E-state index in [1.807, 2.05) is 12.1 Å². The summed E-state index contributed by atoms with van der Waals surface area (Å²) in [5.74, 6) is 1.01. The fourth-order valence-electron chi connectivity index (χ4n) is 6.70. The van der Waals surface area contributed by atoms with E-state index in [0.717, 1.165) is 31.6 Å². The first-order valence-electron chi connectivity index (χ1n) is 15.4. The van der Waals surface area contributed by atoms with Crippen LogP contribution < -0.4 is 9.64 Å². The third-order valence-electron chi connectivity index (χ3n) is 9.06. The molecular weight excluding hydrogens is 504 g/mol. The van der Waals surface area contributed by atoms with Gasteiger partial charge >= 0.3 is 0 Å². The van der Waals surface area contributed by atoms with E-state index in [-0.39, 0.29) is 5.41 Å². The summed E-state index contributed by atoms with van der Waals surface area (Å²) in [6.07, 6.45) is 9.45. The van der Waals surface area contributed by atoms with Crippen molar-refractivity contribution in [3.63, 3.8) is 0 Å². The Hall–Kier alpha value is -3.66. The van der Waals surface area contributed by atoms with Crippen molar-refractivity contribution in [2.24, 2.45) is 5.92 Å². The highest BCUT2D eigenvalue weighted by atomic mass is 16.5. The smallest absolute Gasteiger partial charge is 0.298 e. The molecule has 1 aliphatic carbocycles. The number of carbonyl (C=O) groups excluding carboxylic acids is 1. The molecule has 1 unspecified atom stereocenters. The summed E-state index contributed by atoms with van der Waals surface area (Å²) in [7, 11) is 2.15. The van der Waals surface area contributed by atoms with E-state index in [2.05, 4.69) is 105 Å². The molecule has 3 aromatic rings. The molecule has 1 atom stereocenters. The van der Waals surface area contributed by atoms with Gasteiger partial charge in [0.2, 0.25) is 5.69 Å². The monoisotopic (exact) mass is 549 g/mol. The van der Waals surface area contributed by atoms with Crippen LogP contribution in [0.5, 0.6) is 5.75 Å². The minimum Gasteiger partial charge on any atom is -0.429 e. The standard InChI is InChI=1S/C37H45N2O2/c1-6-8-20-39(21-9-7-2)30-16-14-27(15-17-30)22-29-23-28-12-10-11-13-32(28)33(29)25-36-37(3,4)34-24-31(41-26-40)18-19-35(34)38(36)5/h10-19,24-26,29H,6-9,20-23H2,1-5H3/q+1/b33-25+. The number of ether oxygens (including phenoxy) is 1. The van der Waals surface area contributed by atoms with Gasteiger partial charge in [0.05, 0.1) is 5.41 Å². The van der Waals surface area contributed by atoms with Gasteiger partial charge in [0.1, 0.15) is 12.8 Å². The quantitative estimate of drug-likeness (QED) is 0.169. The number of rotatable bonds is 12. The van der Waals surface area contributed by atoms with Crippen LogP contribution in [-0.2, 0) is 23.1 Å². The number of nitrogens with zero attached hydrogens (tertiary/aromatic N) is 2. The summed E-state index contributed by atoms with van der Waals surface area (Å²) in [5, 5.41) is 0. The average molecular weight is 550 g/mol. The Morgan fingerprint density at radius 2 is 1.68 bits per heavy atom. The van der Waals surface area contributed by atoms with Gasteiger partial charge in [0.25, 0.3) is 6.47 Å². The molecule has 0 spiro atoms.